The number of pyridine rings is 1. The summed E-state index contributed by atoms with van der Waals surface area (Å²) >= 11 is 0. The second-order valence-corrected chi connectivity index (χ2v) is 4.33. The molecule has 1 saturated heterocycles. The molecule has 1 amide bonds. The average molecular weight is 249 g/mol. The van der Waals surface area contributed by atoms with Crippen molar-refractivity contribution in [2.75, 3.05) is 32.1 Å². The van der Waals surface area contributed by atoms with Crippen LogP contribution in [0.3, 0.4) is 0 Å². The zero-order valence-electron chi connectivity index (χ0n) is 10.8. The van der Waals surface area contributed by atoms with E-state index in [9.17, 15) is 4.79 Å². The number of morpholine rings is 1. The van der Waals surface area contributed by atoms with Gasteiger partial charge in [0.15, 0.2) is 0 Å². The highest BCUT2D eigenvalue weighted by Crippen LogP contribution is 2.13. The molecule has 1 fully saturated rings. The number of nitrogens with one attached hydrogen (secondary N) is 1. The van der Waals surface area contributed by atoms with Crippen molar-refractivity contribution in [3.8, 4) is 0 Å². The highest BCUT2D eigenvalue weighted by molar-refractivity contribution is 5.94. The molecule has 5 nitrogen and oxygen atoms in total. The highest BCUT2D eigenvalue weighted by Gasteiger charge is 2.23. The molecule has 1 N–H and O–H groups in total. The van der Waals surface area contributed by atoms with Crippen LogP contribution in [-0.4, -0.2) is 48.6 Å². The van der Waals surface area contributed by atoms with E-state index in [1.165, 1.54) is 0 Å². The van der Waals surface area contributed by atoms with Crippen LogP contribution in [0.15, 0.2) is 18.3 Å². The van der Waals surface area contributed by atoms with Gasteiger partial charge in [-0.25, -0.2) is 4.98 Å². The standard InChI is InChI=1S/C13H19N3O2/c1-3-11-9-16(6-7-18-11)13(17)10-4-5-12(14-2)15-8-10/h4-5,8,11H,3,6-7,9H2,1-2H3,(H,14,15). The summed E-state index contributed by atoms with van der Waals surface area (Å²) in [6.45, 7) is 4.01. The lowest BCUT2D eigenvalue weighted by molar-refractivity contribution is -0.0226. The molecule has 0 saturated carbocycles. The molecule has 1 aliphatic heterocycles. The van der Waals surface area contributed by atoms with Gasteiger partial charge in [0.25, 0.3) is 5.91 Å². The summed E-state index contributed by atoms with van der Waals surface area (Å²) in [5.41, 5.74) is 0.630. The van der Waals surface area contributed by atoms with Crippen molar-refractivity contribution in [1.29, 1.82) is 0 Å². The molecule has 0 radical (unpaired) electrons. The average Bonchev–Trinajstić information content (AvgIpc) is 2.46. The first kappa shape index (κ1) is 12.8. The minimum Gasteiger partial charge on any atom is -0.375 e. The number of carbonyl (C=O) groups is 1. The summed E-state index contributed by atoms with van der Waals surface area (Å²) in [5.74, 6) is 0.798. The second kappa shape index (κ2) is 5.82. The van der Waals surface area contributed by atoms with Crippen LogP contribution in [0.5, 0.6) is 0 Å². The topological polar surface area (TPSA) is 54.5 Å². The Hall–Kier alpha value is -1.62. The van der Waals surface area contributed by atoms with Crippen LogP contribution in [0.4, 0.5) is 5.82 Å². The van der Waals surface area contributed by atoms with E-state index in [-0.39, 0.29) is 12.0 Å². The van der Waals surface area contributed by atoms with Crippen LogP contribution in [0, 0.1) is 0 Å². The molecule has 0 aliphatic carbocycles. The first-order valence-electron chi connectivity index (χ1n) is 6.29. The van der Waals surface area contributed by atoms with E-state index in [2.05, 4.69) is 17.2 Å². The van der Waals surface area contributed by atoms with Crippen LogP contribution >= 0.6 is 0 Å². The van der Waals surface area contributed by atoms with Crippen molar-refractivity contribution in [3.63, 3.8) is 0 Å². The predicted molar refractivity (Wildman–Crippen MR) is 69.7 cm³/mol. The van der Waals surface area contributed by atoms with E-state index >= 15 is 0 Å². The number of rotatable bonds is 3. The Morgan fingerprint density at radius 1 is 1.61 bits per heavy atom. The van der Waals surface area contributed by atoms with Gasteiger partial charge in [0.1, 0.15) is 5.82 Å². The fourth-order valence-corrected chi connectivity index (χ4v) is 2.00. The lowest BCUT2D eigenvalue weighted by Gasteiger charge is -2.32. The Morgan fingerprint density at radius 3 is 3.06 bits per heavy atom. The van der Waals surface area contributed by atoms with Gasteiger partial charge in [0.2, 0.25) is 0 Å². The van der Waals surface area contributed by atoms with E-state index in [1.807, 2.05) is 11.0 Å². The normalized spacial score (nSPS) is 19.7. The number of amides is 1. The van der Waals surface area contributed by atoms with Gasteiger partial charge in [-0.15, -0.1) is 0 Å². The molecule has 1 unspecified atom stereocenters. The molecule has 1 aromatic rings. The van der Waals surface area contributed by atoms with Crippen molar-refractivity contribution in [3.05, 3.63) is 23.9 Å². The maximum atomic E-state index is 12.3. The van der Waals surface area contributed by atoms with Crippen molar-refractivity contribution in [1.82, 2.24) is 9.88 Å². The predicted octanol–water partition coefficient (Wildman–Crippen LogP) is 1.37. The molecule has 1 atom stereocenters. The Morgan fingerprint density at radius 2 is 2.44 bits per heavy atom. The van der Waals surface area contributed by atoms with Gasteiger partial charge in [-0.2, -0.15) is 0 Å². The summed E-state index contributed by atoms with van der Waals surface area (Å²) in [6.07, 6.45) is 2.71. The molecule has 2 rings (SSSR count). The summed E-state index contributed by atoms with van der Waals surface area (Å²) in [4.78, 5) is 18.3. The number of hydrogen-bond acceptors (Lipinski definition) is 4. The Labute approximate surface area is 107 Å². The lowest BCUT2D eigenvalue weighted by Crippen LogP contribution is -2.45. The van der Waals surface area contributed by atoms with Crippen LogP contribution < -0.4 is 5.32 Å². The zero-order chi connectivity index (χ0) is 13.0. The molecule has 0 bridgehead atoms. The number of anilines is 1. The molecule has 5 heteroatoms. The quantitative estimate of drug-likeness (QED) is 0.879. The smallest absolute Gasteiger partial charge is 0.255 e. The van der Waals surface area contributed by atoms with Gasteiger partial charge >= 0.3 is 0 Å². The number of carbonyl (C=O) groups excluding carboxylic acids is 1. The molecule has 0 aromatic carbocycles. The summed E-state index contributed by atoms with van der Waals surface area (Å²) in [6, 6.07) is 3.61. The van der Waals surface area contributed by atoms with Crippen molar-refractivity contribution in [2.24, 2.45) is 0 Å². The molecule has 1 aliphatic rings. The number of hydrogen-bond donors (Lipinski definition) is 1. The van der Waals surface area contributed by atoms with Crippen molar-refractivity contribution < 1.29 is 9.53 Å². The van der Waals surface area contributed by atoms with Gasteiger partial charge in [0, 0.05) is 26.3 Å². The molecule has 0 spiro atoms. The third-order valence-electron chi connectivity index (χ3n) is 3.15. The van der Waals surface area contributed by atoms with Crippen LogP contribution in [0.1, 0.15) is 23.7 Å². The minimum absolute atomic E-state index is 0.0342. The summed E-state index contributed by atoms with van der Waals surface area (Å²) in [7, 11) is 1.80. The number of ether oxygens (including phenoxy) is 1. The first-order chi connectivity index (χ1) is 8.74. The fraction of sp³-hybridized carbons (Fsp3) is 0.538. The Balaban J connectivity index is 2.05. The van der Waals surface area contributed by atoms with Gasteiger partial charge in [-0.05, 0) is 18.6 Å². The van der Waals surface area contributed by atoms with Crippen LogP contribution in [-0.2, 0) is 4.74 Å². The molecule has 1 aromatic heterocycles. The van der Waals surface area contributed by atoms with Gasteiger partial charge in [-0.3, -0.25) is 4.79 Å². The van der Waals surface area contributed by atoms with Gasteiger partial charge in [-0.1, -0.05) is 6.92 Å². The van der Waals surface area contributed by atoms with Crippen molar-refractivity contribution >= 4 is 11.7 Å². The monoisotopic (exact) mass is 249 g/mol. The third kappa shape index (κ3) is 2.79. The second-order valence-electron chi connectivity index (χ2n) is 4.33. The van der Waals surface area contributed by atoms with Crippen molar-refractivity contribution in [2.45, 2.75) is 19.4 Å². The third-order valence-corrected chi connectivity index (χ3v) is 3.15. The molecule has 18 heavy (non-hydrogen) atoms. The maximum absolute atomic E-state index is 12.3. The fourth-order valence-electron chi connectivity index (χ4n) is 2.00. The number of aromatic nitrogens is 1. The van der Waals surface area contributed by atoms with Crippen LogP contribution in [0.25, 0.3) is 0 Å². The van der Waals surface area contributed by atoms with Gasteiger partial charge < -0.3 is 15.0 Å². The summed E-state index contributed by atoms with van der Waals surface area (Å²) in [5, 5.41) is 2.93. The van der Waals surface area contributed by atoms with E-state index in [4.69, 9.17) is 4.74 Å². The minimum atomic E-state index is 0.0342. The lowest BCUT2D eigenvalue weighted by atomic mass is 10.2. The maximum Gasteiger partial charge on any atom is 0.255 e. The number of nitrogens with zero attached hydrogens (tertiary/aromatic N) is 2. The van der Waals surface area contributed by atoms with Crippen LogP contribution in [0.2, 0.25) is 0 Å². The van der Waals surface area contributed by atoms with Gasteiger partial charge in [0.05, 0.1) is 18.3 Å². The molecular formula is C13H19N3O2. The Kier molecular flexibility index (Phi) is 4.15. The SMILES string of the molecule is CCC1CN(C(=O)c2ccc(NC)nc2)CCO1. The summed E-state index contributed by atoms with van der Waals surface area (Å²) < 4.78 is 5.56. The Bertz CT molecular complexity index is 405. The van der Waals surface area contributed by atoms with E-state index in [0.717, 1.165) is 12.2 Å². The molecular weight excluding hydrogens is 230 g/mol. The molecule has 2 heterocycles. The zero-order valence-corrected chi connectivity index (χ0v) is 10.8. The van der Waals surface area contributed by atoms with E-state index < -0.39 is 0 Å². The van der Waals surface area contributed by atoms with E-state index in [0.29, 0.717) is 25.3 Å². The van der Waals surface area contributed by atoms with E-state index in [1.54, 1.807) is 19.3 Å². The largest absolute Gasteiger partial charge is 0.375 e. The first-order valence-corrected chi connectivity index (χ1v) is 6.29. The highest BCUT2D eigenvalue weighted by atomic mass is 16.5. The molecule has 98 valence electrons.